The molecular formula is C13H20N4S. The van der Waals surface area contributed by atoms with E-state index in [-0.39, 0.29) is 6.04 Å². The molecule has 98 valence electrons. The molecule has 0 aliphatic rings. The molecule has 0 saturated heterocycles. The van der Waals surface area contributed by atoms with Crippen LogP contribution in [0.1, 0.15) is 42.4 Å². The van der Waals surface area contributed by atoms with Crippen LogP contribution in [-0.4, -0.2) is 20.6 Å². The maximum absolute atomic E-state index is 4.53. The molecule has 18 heavy (non-hydrogen) atoms. The molecular weight excluding hydrogens is 244 g/mol. The summed E-state index contributed by atoms with van der Waals surface area (Å²) in [6.45, 7) is 10.5. The molecule has 0 spiro atoms. The fourth-order valence-electron chi connectivity index (χ4n) is 1.86. The number of imidazole rings is 1. The van der Waals surface area contributed by atoms with Gasteiger partial charge >= 0.3 is 0 Å². The van der Waals surface area contributed by atoms with Crippen molar-refractivity contribution in [2.75, 3.05) is 5.32 Å². The minimum atomic E-state index is 0.214. The Labute approximate surface area is 112 Å². The van der Waals surface area contributed by atoms with Crippen LogP contribution in [0.15, 0.2) is 12.4 Å². The number of aryl methyl sites for hydroxylation is 2. The second kappa shape index (κ2) is 5.10. The van der Waals surface area contributed by atoms with Gasteiger partial charge in [0.2, 0.25) is 5.95 Å². The predicted molar refractivity (Wildman–Crippen MR) is 76.4 cm³/mol. The lowest BCUT2D eigenvalue weighted by Crippen LogP contribution is -2.16. The van der Waals surface area contributed by atoms with Crippen molar-refractivity contribution in [2.45, 2.75) is 46.7 Å². The first-order valence-corrected chi connectivity index (χ1v) is 7.03. The summed E-state index contributed by atoms with van der Waals surface area (Å²) in [5.74, 6) is 0.919. The Balaban J connectivity index is 2.32. The molecule has 1 atom stereocenters. The van der Waals surface area contributed by atoms with Gasteiger partial charge in [-0.05, 0) is 34.6 Å². The summed E-state index contributed by atoms with van der Waals surface area (Å²) in [6, 6.07) is 0.585. The molecule has 0 aromatic carbocycles. The third-order valence-corrected chi connectivity index (χ3v) is 3.77. The van der Waals surface area contributed by atoms with Crippen LogP contribution in [0.5, 0.6) is 0 Å². The highest BCUT2D eigenvalue weighted by atomic mass is 32.1. The SMILES string of the molecule is Cc1cn(C(C)c2ncc(C)s2)c(NC(C)C)n1. The van der Waals surface area contributed by atoms with Gasteiger partial charge in [0.25, 0.3) is 0 Å². The molecule has 5 heteroatoms. The average Bonchev–Trinajstić information content (AvgIpc) is 2.83. The molecule has 0 amide bonds. The lowest BCUT2D eigenvalue weighted by atomic mass is 10.3. The van der Waals surface area contributed by atoms with Crippen molar-refractivity contribution in [3.05, 3.63) is 28.0 Å². The molecule has 1 N–H and O–H groups in total. The van der Waals surface area contributed by atoms with Crippen molar-refractivity contribution in [1.82, 2.24) is 14.5 Å². The summed E-state index contributed by atoms with van der Waals surface area (Å²) in [6.07, 6.45) is 4.00. The molecule has 2 heterocycles. The topological polar surface area (TPSA) is 42.7 Å². The van der Waals surface area contributed by atoms with E-state index in [9.17, 15) is 0 Å². The molecule has 0 bridgehead atoms. The molecule has 2 aromatic heterocycles. The van der Waals surface area contributed by atoms with Crippen LogP contribution in [-0.2, 0) is 0 Å². The largest absolute Gasteiger partial charge is 0.353 e. The molecule has 0 saturated carbocycles. The molecule has 0 fully saturated rings. The fraction of sp³-hybridized carbons (Fsp3) is 0.538. The smallest absolute Gasteiger partial charge is 0.203 e. The number of aromatic nitrogens is 3. The van der Waals surface area contributed by atoms with Crippen LogP contribution in [0.25, 0.3) is 0 Å². The first-order valence-electron chi connectivity index (χ1n) is 6.21. The molecule has 2 aromatic rings. The predicted octanol–water partition coefficient (Wildman–Crippen LogP) is 3.39. The van der Waals surface area contributed by atoms with Gasteiger partial charge in [0.1, 0.15) is 5.01 Å². The Morgan fingerprint density at radius 1 is 1.28 bits per heavy atom. The van der Waals surface area contributed by atoms with Crippen molar-refractivity contribution < 1.29 is 0 Å². The van der Waals surface area contributed by atoms with E-state index in [0.717, 1.165) is 16.6 Å². The summed E-state index contributed by atoms with van der Waals surface area (Å²) in [4.78, 5) is 10.2. The Kier molecular flexibility index (Phi) is 3.71. The van der Waals surface area contributed by atoms with Gasteiger partial charge < -0.3 is 9.88 Å². The summed E-state index contributed by atoms with van der Waals surface area (Å²) < 4.78 is 2.16. The van der Waals surface area contributed by atoms with Gasteiger partial charge in [-0.2, -0.15) is 0 Å². The number of nitrogens with one attached hydrogen (secondary N) is 1. The van der Waals surface area contributed by atoms with E-state index in [1.807, 2.05) is 13.1 Å². The standard InChI is InChI=1S/C13H20N4S/c1-8(2)15-13-16-9(3)7-17(13)11(5)12-14-6-10(4)18-12/h6-8,11H,1-5H3,(H,15,16). The Morgan fingerprint density at radius 2 is 2.00 bits per heavy atom. The monoisotopic (exact) mass is 264 g/mol. The van der Waals surface area contributed by atoms with Crippen LogP contribution >= 0.6 is 11.3 Å². The van der Waals surface area contributed by atoms with Crippen molar-refractivity contribution >= 4 is 17.3 Å². The first kappa shape index (κ1) is 13.1. The minimum Gasteiger partial charge on any atom is -0.353 e. The normalized spacial score (nSPS) is 13.0. The Morgan fingerprint density at radius 3 is 2.56 bits per heavy atom. The lowest BCUT2D eigenvalue weighted by Gasteiger charge is -2.16. The van der Waals surface area contributed by atoms with Crippen LogP contribution in [0.4, 0.5) is 5.95 Å². The van der Waals surface area contributed by atoms with Crippen molar-refractivity contribution in [1.29, 1.82) is 0 Å². The van der Waals surface area contributed by atoms with E-state index >= 15 is 0 Å². The summed E-state index contributed by atoms with van der Waals surface area (Å²) >= 11 is 1.74. The fourth-order valence-corrected chi connectivity index (χ4v) is 2.69. The zero-order valence-electron chi connectivity index (χ0n) is 11.6. The third-order valence-electron chi connectivity index (χ3n) is 2.68. The number of hydrogen-bond acceptors (Lipinski definition) is 4. The number of anilines is 1. The van der Waals surface area contributed by atoms with E-state index in [1.54, 1.807) is 11.3 Å². The van der Waals surface area contributed by atoms with Gasteiger partial charge in [-0.3, -0.25) is 0 Å². The summed E-state index contributed by atoms with van der Waals surface area (Å²) in [5.41, 5.74) is 1.03. The maximum Gasteiger partial charge on any atom is 0.203 e. The van der Waals surface area contributed by atoms with Gasteiger partial charge in [-0.1, -0.05) is 0 Å². The Hall–Kier alpha value is -1.36. The molecule has 0 radical (unpaired) electrons. The van der Waals surface area contributed by atoms with Crippen LogP contribution in [0.2, 0.25) is 0 Å². The van der Waals surface area contributed by atoms with Crippen molar-refractivity contribution in [3.8, 4) is 0 Å². The highest BCUT2D eigenvalue weighted by Gasteiger charge is 2.16. The van der Waals surface area contributed by atoms with Crippen LogP contribution in [0.3, 0.4) is 0 Å². The number of thiazole rings is 1. The average molecular weight is 264 g/mol. The quantitative estimate of drug-likeness (QED) is 0.920. The Bertz CT molecular complexity index is 527. The first-order chi connectivity index (χ1) is 8.47. The van der Waals surface area contributed by atoms with E-state index < -0.39 is 0 Å². The number of hydrogen-bond donors (Lipinski definition) is 1. The van der Waals surface area contributed by atoms with Crippen LogP contribution in [0, 0.1) is 13.8 Å². The minimum absolute atomic E-state index is 0.214. The molecule has 1 unspecified atom stereocenters. The zero-order chi connectivity index (χ0) is 13.3. The second-order valence-corrected chi connectivity index (χ2v) is 6.16. The molecule has 0 aliphatic heterocycles. The molecule has 2 rings (SSSR count). The maximum atomic E-state index is 4.53. The second-order valence-electron chi connectivity index (χ2n) is 4.90. The summed E-state index contributed by atoms with van der Waals surface area (Å²) in [7, 11) is 0. The highest BCUT2D eigenvalue weighted by molar-refractivity contribution is 7.11. The van der Waals surface area contributed by atoms with E-state index in [0.29, 0.717) is 6.04 Å². The number of nitrogens with zero attached hydrogens (tertiary/aromatic N) is 3. The third kappa shape index (κ3) is 2.72. The zero-order valence-corrected chi connectivity index (χ0v) is 12.4. The van der Waals surface area contributed by atoms with E-state index in [4.69, 9.17) is 0 Å². The number of rotatable bonds is 4. The molecule has 0 aliphatic carbocycles. The van der Waals surface area contributed by atoms with Gasteiger partial charge in [-0.15, -0.1) is 11.3 Å². The molecule has 4 nitrogen and oxygen atoms in total. The van der Waals surface area contributed by atoms with Gasteiger partial charge in [0.15, 0.2) is 0 Å². The van der Waals surface area contributed by atoms with Gasteiger partial charge in [0, 0.05) is 23.3 Å². The highest BCUT2D eigenvalue weighted by Crippen LogP contribution is 2.26. The van der Waals surface area contributed by atoms with Gasteiger partial charge in [0.05, 0.1) is 11.7 Å². The van der Waals surface area contributed by atoms with Crippen molar-refractivity contribution in [3.63, 3.8) is 0 Å². The lowest BCUT2D eigenvalue weighted by molar-refractivity contribution is 0.634. The van der Waals surface area contributed by atoms with E-state index in [1.165, 1.54) is 4.88 Å². The van der Waals surface area contributed by atoms with E-state index in [2.05, 4.69) is 53.7 Å². The van der Waals surface area contributed by atoms with Crippen molar-refractivity contribution in [2.24, 2.45) is 0 Å². The van der Waals surface area contributed by atoms with Gasteiger partial charge in [-0.25, -0.2) is 9.97 Å². The summed E-state index contributed by atoms with van der Waals surface area (Å²) in [5, 5.41) is 4.50. The van der Waals surface area contributed by atoms with Crippen LogP contribution < -0.4 is 5.32 Å².